The molecule has 1 N–H and O–H groups in total. The van der Waals surface area contributed by atoms with Crippen molar-refractivity contribution in [2.75, 3.05) is 9.62 Å². The van der Waals surface area contributed by atoms with Gasteiger partial charge in [0, 0.05) is 10.7 Å². The molecule has 12 heteroatoms. The van der Waals surface area contributed by atoms with Crippen molar-refractivity contribution in [2.45, 2.75) is 37.1 Å². The van der Waals surface area contributed by atoms with E-state index in [0.717, 1.165) is 18.0 Å². The van der Waals surface area contributed by atoms with Crippen LogP contribution < -0.4 is 14.4 Å². The van der Waals surface area contributed by atoms with Crippen molar-refractivity contribution >= 4 is 41.0 Å². The maximum absolute atomic E-state index is 14.8. The van der Waals surface area contributed by atoms with Gasteiger partial charge in [0.2, 0.25) is 11.9 Å². The number of nitrogens with zero attached hydrogens (tertiary/aromatic N) is 2. The minimum Gasteiger partial charge on any atom is -0.406 e. The van der Waals surface area contributed by atoms with Crippen LogP contribution in [0.15, 0.2) is 53.4 Å². The molecule has 0 fully saturated rings. The molecule has 2 heterocycles. The normalized spacial score (nSPS) is 14.7. The highest BCUT2D eigenvalue weighted by atomic mass is 35.5. The molecule has 35 heavy (non-hydrogen) atoms. The molecule has 1 aliphatic heterocycles. The number of aromatic nitrogens is 1. The SMILES string of the molecule is CC1(C)C(=O)N(Cc2cc(F)c(SNc3cccc(F)n3)cc2Cl)c2ccc(OC(F)(F)F)cc21. The zero-order valence-corrected chi connectivity index (χ0v) is 19.8. The topological polar surface area (TPSA) is 54.5 Å². The fraction of sp³-hybridized carbons (Fsp3) is 0.217. The molecule has 0 spiro atoms. The van der Waals surface area contributed by atoms with Crippen molar-refractivity contribution < 1.29 is 31.5 Å². The third kappa shape index (κ3) is 5.30. The number of amides is 1. The molecule has 184 valence electrons. The molecule has 1 aliphatic rings. The Hall–Kier alpha value is -3.05. The van der Waals surface area contributed by atoms with Crippen LogP contribution in [0.5, 0.6) is 5.75 Å². The Morgan fingerprint density at radius 1 is 1.14 bits per heavy atom. The molecule has 1 amide bonds. The second kappa shape index (κ2) is 9.19. The summed E-state index contributed by atoms with van der Waals surface area (Å²) in [4.78, 5) is 18.2. The maximum atomic E-state index is 14.8. The smallest absolute Gasteiger partial charge is 0.406 e. The van der Waals surface area contributed by atoms with Gasteiger partial charge in [-0.25, -0.2) is 9.37 Å². The van der Waals surface area contributed by atoms with E-state index in [9.17, 15) is 26.7 Å². The van der Waals surface area contributed by atoms with E-state index in [4.69, 9.17) is 11.6 Å². The second-order valence-electron chi connectivity index (χ2n) is 8.17. The van der Waals surface area contributed by atoms with Crippen LogP contribution in [0.4, 0.5) is 33.5 Å². The van der Waals surface area contributed by atoms with E-state index in [1.807, 2.05) is 0 Å². The molecule has 0 radical (unpaired) electrons. The Kier molecular flexibility index (Phi) is 6.58. The highest BCUT2D eigenvalue weighted by Crippen LogP contribution is 2.45. The summed E-state index contributed by atoms with van der Waals surface area (Å²) in [7, 11) is 0. The number of fused-ring (bicyclic) bond motifs is 1. The van der Waals surface area contributed by atoms with Gasteiger partial charge in [-0.3, -0.25) is 4.79 Å². The molecular weight excluding hydrogens is 513 g/mol. The number of hydrogen-bond acceptors (Lipinski definition) is 5. The molecule has 1 aromatic heterocycles. The van der Waals surface area contributed by atoms with Gasteiger partial charge in [0.25, 0.3) is 0 Å². The number of ether oxygens (including phenoxy) is 1. The monoisotopic (exact) mass is 529 g/mol. The first-order chi connectivity index (χ1) is 16.3. The Morgan fingerprint density at radius 3 is 2.57 bits per heavy atom. The molecule has 0 saturated heterocycles. The number of nitrogens with one attached hydrogen (secondary N) is 1. The van der Waals surface area contributed by atoms with Crippen LogP contribution in [-0.2, 0) is 16.8 Å². The van der Waals surface area contributed by atoms with Gasteiger partial charge in [0.1, 0.15) is 17.4 Å². The van der Waals surface area contributed by atoms with E-state index in [2.05, 4.69) is 14.4 Å². The summed E-state index contributed by atoms with van der Waals surface area (Å²) in [6, 6.07) is 10.3. The summed E-state index contributed by atoms with van der Waals surface area (Å²) in [6.07, 6.45) is -4.87. The van der Waals surface area contributed by atoms with Crippen molar-refractivity contribution in [3.63, 3.8) is 0 Å². The van der Waals surface area contributed by atoms with Crippen molar-refractivity contribution in [1.29, 1.82) is 0 Å². The number of pyridine rings is 1. The molecular formula is C23H17ClF5N3O2S. The van der Waals surface area contributed by atoms with Gasteiger partial charge in [0.15, 0.2) is 0 Å². The third-order valence-corrected chi connectivity index (χ3v) is 6.55. The zero-order valence-electron chi connectivity index (χ0n) is 18.2. The number of carbonyl (C=O) groups is 1. The van der Waals surface area contributed by atoms with E-state index in [-0.39, 0.29) is 28.2 Å². The minimum atomic E-state index is -4.87. The van der Waals surface area contributed by atoms with Crippen LogP contribution in [0.25, 0.3) is 0 Å². The summed E-state index contributed by atoms with van der Waals surface area (Å²) in [5.41, 5.74) is -0.115. The molecule has 2 aromatic carbocycles. The zero-order chi connectivity index (χ0) is 25.5. The van der Waals surface area contributed by atoms with Gasteiger partial charge in [0.05, 0.1) is 16.9 Å². The van der Waals surface area contributed by atoms with E-state index in [1.165, 1.54) is 47.4 Å². The summed E-state index contributed by atoms with van der Waals surface area (Å²) < 4.78 is 72.6. The van der Waals surface area contributed by atoms with Gasteiger partial charge in [-0.1, -0.05) is 17.7 Å². The number of benzene rings is 2. The first-order valence-corrected chi connectivity index (χ1v) is 11.3. The number of rotatable bonds is 6. The number of anilines is 2. The average Bonchev–Trinajstić information content (AvgIpc) is 2.94. The maximum Gasteiger partial charge on any atom is 0.573 e. The lowest BCUT2D eigenvalue weighted by Crippen LogP contribution is -2.35. The van der Waals surface area contributed by atoms with Gasteiger partial charge in [-0.15, -0.1) is 13.2 Å². The minimum absolute atomic E-state index is 0.103. The van der Waals surface area contributed by atoms with Crippen LogP contribution in [-0.4, -0.2) is 17.3 Å². The summed E-state index contributed by atoms with van der Waals surface area (Å²) >= 11 is 7.21. The van der Waals surface area contributed by atoms with E-state index < -0.39 is 29.3 Å². The van der Waals surface area contributed by atoms with Crippen LogP contribution in [0.2, 0.25) is 5.02 Å². The molecule has 0 aliphatic carbocycles. The van der Waals surface area contributed by atoms with E-state index >= 15 is 0 Å². The van der Waals surface area contributed by atoms with Gasteiger partial charge < -0.3 is 14.4 Å². The number of hydrogen-bond donors (Lipinski definition) is 1. The Morgan fingerprint density at radius 2 is 1.89 bits per heavy atom. The van der Waals surface area contributed by atoms with Crippen molar-refractivity contribution in [1.82, 2.24) is 4.98 Å². The Bertz CT molecular complexity index is 1300. The largest absolute Gasteiger partial charge is 0.573 e. The van der Waals surface area contributed by atoms with Crippen LogP contribution in [0.3, 0.4) is 0 Å². The number of alkyl halides is 3. The van der Waals surface area contributed by atoms with Crippen molar-refractivity contribution in [2.24, 2.45) is 0 Å². The molecule has 3 aromatic rings. The van der Waals surface area contributed by atoms with Gasteiger partial charge in [-0.05, 0) is 79.4 Å². The third-order valence-electron chi connectivity index (χ3n) is 5.36. The molecule has 5 nitrogen and oxygen atoms in total. The average molecular weight is 530 g/mol. The van der Waals surface area contributed by atoms with Crippen molar-refractivity contribution in [3.8, 4) is 5.75 Å². The fourth-order valence-electron chi connectivity index (χ4n) is 3.68. The predicted octanol–water partition coefficient (Wildman–Crippen LogP) is 6.86. The predicted molar refractivity (Wildman–Crippen MR) is 122 cm³/mol. The quantitative estimate of drug-likeness (QED) is 0.215. The fourth-order valence-corrected chi connectivity index (χ4v) is 4.63. The first-order valence-electron chi connectivity index (χ1n) is 10.1. The molecule has 0 bridgehead atoms. The van der Waals surface area contributed by atoms with Gasteiger partial charge >= 0.3 is 6.36 Å². The molecule has 4 rings (SSSR count). The standard InChI is InChI=1S/C23H17ClF5N3O2S/c1-22(2)14-9-13(34-23(27,28)29)6-7-17(14)32(21(22)33)11-12-8-16(25)18(10-15(12)24)35-31-20-5-3-4-19(26)30-20/h3-10H,11H2,1-2H3,(H,30,31). The summed E-state index contributed by atoms with van der Waals surface area (Å²) in [5.74, 6) is -1.97. The lowest BCUT2D eigenvalue weighted by molar-refractivity contribution is -0.274. The van der Waals surface area contributed by atoms with Crippen LogP contribution >= 0.6 is 23.5 Å². The second-order valence-corrected chi connectivity index (χ2v) is 9.42. The summed E-state index contributed by atoms with van der Waals surface area (Å²) in [6.45, 7) is 3.06. The number of carbonyl (C=O) groups excluding carboxylic acids is 1. The molecule has 0 unspecified atom stereocenters. The van der Waals surface area contributed by atoms with Crippen LogP contribution in [0, 0.1) is 11.8 Å². The molecule has 0 atom stereocenters. The van der Waals surface area contributed by atoms with Crippen LogP contribution in [0.1, 0.15) is 25.0 Å². The summed E-state index contributed by atoms with van der Waals surface area (Å²) in [5, 5.41) is 0.166. The van der Waals surface area contributed by atoms with Crippen molar-refractivity contribution in [3.05, 3.63) is 76.4 Å². The van der Waals surface area contributed by atoms with E-state index in [0.29, 0.717) is 16.8 Å². The lowest BCUT2D eigenvalue weighted by atomic mass is 9.86. The highest BCUT2D eigenvalue weighted by Gasteiger charge is 2.44. The molecule has 0 saturated carbocycles. The first kappa shape index (κ1) is 25.1. The lowest BCUT2D eigenvalue weighted by Gasteiger charge is -2.21. The Balaban J connectivity index is 1.57. The number of halogens is 6. The Labute approximate surface area is 206 Å². The highest BCUT2D eigenvalue weighted by molar-refractivity contribution is 8.00. The van der Waals surface area contributed by atoms with E-state index in [1.54, 1.807) is 13.8 Å². The van der Waals surface area contributed by atoms with Gasteiger partial charge in [-0.2, -0.15) is 4.39 Å².